The zero-order valence-electron chi connectivity index (χ0n) is 9.75. The maximum absolute atomic E-state index is 11.4. The molecule has 0 aliphatic carbocycles. The molecule has 4 nitrogen and oxygen atoms in total. The first kappa shape index (κ1) is 14.0. The van der Waals surface area contributed by atoms with Crippen LogP contribution in [-0.4, -0.2) is 24.6 Å². The second kappa shape index (κ2) is 8.33. The molecule has 0 aliphatic rings. The van der Waals surface area contributed by atoms with Gasteiger partial charge >= 0.3 is 0 Å². The molecule has 0 aromatic carbocycles. The molecule has 1 unspecified atom stereocenters. The van der Waals surface area contributed by atoms with Crippen molar-refractivity contribution < 1.29 is 9.59 Å². The molecule has 4 heteroatoms. The first-order valence-electron chi connectivity index (χ1n) is 5.46. The van der Waals surface area contributed by atoms with Gasteiger partial charge in [-0.3, -0.25) is 4.79 Å². The van der Waals surface area contributed by atoms with E-state index < -0.39 is 5.91 Å². The van der Waals surface area contributed by atoms with Crippen molar-refractivity contribution in [3.05, 3.63) is 0 Å². The Labute approximate surface area is 91.2 Å². The third-order valence-corrected chi connectivity index (χ3v) is 2.08. The molecule has 1 atom stereocenters. The molecule has 0 spiro atoms. The van der Waals surface area contributed by atoms with E-state index in [1.54, 1.807) is 0 Å². The van der Waals surface area contributed by atoms with E-state index in [1.165, 1.54) is 6.08 Å². The van der Waals surface area contributed by atoms with Gasteiger partial charge in [-0.15, -0.1) is 4.99 Å². The number of amides is 1. The van der Waals surface area contributed by atoms with Crippen molar-refractivity contribution in [2.75, 3.05) is 6.54 Å². The average molecular weight is 212 g/mol. The van der Waals surface area contributed by atoms with Crippen LogP contribution >= 0.6 is 0 Å². The fourth-order valence-electron chi connectivity index (χ4n) is 1.32. The number of nitrogens with one attached hydrogen (secondary N) is 1. The third kappa shape index (κ3) is 7.00. The fraction of sp³-hybridized carbons (Fsp3) is 0.818. The van der Waals surface area contributed by atoms with Crippen molar-refractivity contribution in [1.29, 1.82) is 0 Å². The number of hydrogen-bond acceptors (Lipinski definition) is 3. The van der Waals surface area contributed by atoms with E-state index >= 15 is 0 Å². The van der Waals surface area contributed by atoms with E-state index in [1.807, 2.05) is 13.8 Å². The summed E-state index contributed by atoms with van der Waals surface area (Å²) in [7, 11) is 0. The smallest absolute Gasteiger partial charge is 0.273 e. The molecule has 0 bridgehead atoms. The molecule has 15 heavy (non-hydrogen) atoms. The topological polar surface area (TPSA) is 58.5 Å². The Morgan fingerprint density at radius 2 is 2.13 bits per heavy atom. The maximum atomic E-state index is 11.4. The number of rotatable bonds is 7. The molecule has 0 aromatic heterocycles. The van der Waals surface area contributed by atoms with E-state index in [0.717, 1.165) is 19.4 Å². The molecule has 0 aliphatic heterocycles. The van der Waals surface area contributed by atoms with E-state index in [2.05, 4.69) is 17.2 Å². The zero-order chi connectivity index (χ0) is 11.7. The Hall–Kier alpha value is -0.990. The second-order valence-corrected chi connectivity index (χ2v) is 4.03. The molecule has 0 aromatic rings. The van der Waals surface area contributed by atoms with Crippen molar-refractivity contribution in [1.82, 2.24) is 5.32 Å². The lowest BCUT2D eigenvalue weighted by Crippen LogP contribution is -2.37. The minimum absolute atomic E-state index is 0.335. The van der Waals surface area contributed by atoms with Crippen molar-refractivity contribution >= 4 is 12.0 Å². The fourth-order valence-corrected chi connectivity index (χ4v) is 1.32. The van der Waals surface area contributed by atoms with Crippen LogP contribution < -0.4 is 5.32 Å². The van der Waals surface area contributed by atoms with Crippen LogP contribution in [0.4, 0.5) is 0 Å². The second-order valence-electron chi connectivity index (χ2n) is 4.03. The van der Waals surface area contributed by atoms with Gasteiger partial charge in [0.15, 0.2) is 0 Å². The van der Waals surface area contributed by atoms with Gasteiger partial charge in [0.2, 0.25) is 6.08 Å². The summed E-state index contributed by atoms with van der Waals surface area (Å²) >= 11 is 0. The molecular formula is C11H20N2O2. The Morgan fingerprint density at radius 3 is 2.60 bits per heavy atom. The highest BCUT2D eigenvalue weighted by atomic mass is 16.2. The zero-order valence-corrected chi connectivity index (χ0v) is 9.75. The number of hydrogen-bond donors (Lipinski definition) is 1. The van der Waals surface area contributed by atoms with Gasteiger partial charge in [0, 0.05) is 0 Å². The lowest BCUT2D eigenvalue weighted by atomic mass is 10.0. The van der Waals surface area contributed by atoms with Crippen molar-refractivity contribution in [2.45, 2.75) is 46.1 Å². The summed E-state index contributed by atoms with van der Waals surface area (Å²) in [5.41, 5.74) is 0. The molecule has 0 heterocycles. The lowest BCUT2D eigenvalue weighted by Gasteiger charge is -2.16. The number of nitrogens with zero attached hydrogens (tertiary/aromatic N) is 1. The Kier molecular flexibility index (Phi) is 7.78. The van der Waals surface area contributed by atoms with E-state index in [-0.39, 0.29) is 6.04 Å². The predicted molar refractivity (Wildman–Crippen MR) is 59.3 cm³/mol. The van der Waals surface area contributed by atoms with Gasteiger partial charge in [0.1, 0.15) is 0 Å². The minimum atomic E-state index is -0.408. The summed E-state index contributed by atoms with van der Waals surface area (Å²) in [6, 6.07) is -0.335. The summed E-state index contributed by atoms with van der Waals surface area (Å²) in [6.45, 7) is 6.94. The molecule has 1 N–H and O–H groups in total. The summed E-state index contributed by atoms with van der Waals surface area (Å²) < 4.78 is 0. The van der Waals surface area contributed by atoms with Crippen LogP contribution in [0.3, 0.4) is 0 Å². The van der Waals surface area contributed by atoms with Crippen molar-refractivity contribution in [3.8, 4) is 0 Å². The lowest BCUT2D eigenvalue weighted by molar-refractivity contribution is -0.120. The van der Waals surface area contributed by atoms with Gasteiger partial charge < -0.3 is 5.32 Å². The van der Waals surface area contributed by atoms with E-state index in [9.17, 15) is 9.59 Å². The minimum Gasteiger partial charge on any atom is -0.306 e. The van der Waals surface area contributed by atoms with Crippen LogP contribution in [-0.2, 0) is 9.59 Å². The van der Waals surface area contributed by atoms with E-state index in [0.29, 0.717) is 12.3 Å². The van der Waals surface area contributed by atoms with E-state index in [4.69, 9.17) is 0 Å². The van der Waals surface area contributed by atoms with Gasteiger partial charge in [-0.2, -0.15) is 0 Å². The molecule has 0 fully saturated rings. The van der Waals surface area contributed by atoms with Crippen LogP contribution in [0.1, 0.15) is 40.0 Å². The molecule has 0 saturated carbocycles. The number of carbonyl (C=O) groups is 1. The Morgan fingerprint density at radius 1 is 1.47 bits per heavy atom. The standard InChI is InChI=1S/C11H20N2O2/c1-4-5-6-12-10(7-9(2)3)11(15)13-8-14/h9-10,12H,4-7H2,1-3H3. The quantitative estimate of drug-likeness (QED) is 0.396. The normalized spacial score (nSPS) is 12.3. The first-order valence-corrected chi connectivity index (χ1v) is 5.46. The highest BCUT2D eigenvalue weighted by Gasteiger charge is 2.18. The van der Waals surface area contributed by atoms with Gasteiger partial charge in [-0.25, -0.2) is 4.79 Å². The predicted octanol–water partition coefficient (Wildman–Crippen LogP) is 1.65. The van der Waals surface area contributed by atoms with Gasteiger partial charge in [-0.1, -0.05) is 27.2 Å². The third-order valence-electron chi connectivity index (χ3n) is 2.08. The highest BCUT2D eigenvalue weighted by molar-refractivity contribution is 5.86. The molecule has 0 radical (unpaired) electrons. The Bertz CT molecular complexity index is 233. The molecule has 86 valence electrons. The van der Waals surface area contributed by atoms with Crippen molar-refractivity contribution in [2.24, 2.45) is 10.9 Å². The number of aliphatic imine (C=N–C) groups is 1. The molecule has 0 saturated heterocycles. The van der Waals surface area contributed by atoms with Crippen LogP contribution in [0.25, 0.3) is 0 Å². The number of isocyanates is 1. The summed E-state index contributed by atoms with van der Waals surface area (Å²) in [5, 5.41) is 3.11. The molecule has 1 amide bonds. The monoisotopic (exact) mass is 212 g/mol. The van der Waals surface area contributed by atoms with Crippen LogP contribution in [0.2, 0.25) is 0 Å². The summed E-state index contributed by atoms with van der Waals surface area (Å²) in [5.74, 6) is -0.00951. The van der Waals surface area contributed by atoms with Gasteiger partial charge in [0.05, 0.1) is 6.04 Å². The van der Waals surface area contributed by atoms with Gasteiger partial charge in [0.25, 0.3) is 5.91 Å². The highest BCUT2D eigenvalue weighted by Crippen LogP contribution is 2.06. The van der Waals surface area contributed by atoms with Crippen LogP contribution in [0, 0.1) is 5.92 Å². The Balaban J connectivity index is 4.17. The SMILES string of the molecule is CCCCNC(CC(C)C)C(=O)N=C=O. The summed E-state index contributed by atoms with van der Waals surface area (Å²) in [4.78, 5) is 24.5. The number of unbranched alkanes of at least 4 members (excludes halogenated alkanes) is 1. The average Bonchev–Trinajstić information content (AvgIpc) is 2.16. The van der Waals surface area contributed by atoms with Crippen LogP contribution in [0.5, 0.6) is 0 Å². The maximum Gasteiger partial charge on any atom is 0.273 e. The van der Waals surface area contributed by atoms with Gasteiger partial charge in [-0.05, 0) is 25.3 Å². The largest absolute Gasteiger partial charge is 0.306 e. The van der Waals surface area contributed by atoms with Crippen LogP contribution in [0.15, 0.2) is 4.99 Å². The first-order chi connectivity index (χ1) is 7.11. The molecule has 0 rings (SSSR count). The summed E-state index contributed by atoms with van der Waals surface area (Å²) in [6.07, 6.45) is 4.10. The number of carbonyl (C=O) groups excluding carboxylic acids is 2. The van der Waals surface area contributed by atoms with Crippen molar-refractivity contribution in [3.63, 3.8) is 0 Å². The molecular weight excluding hydrogens is 192 g/mol.